The molecule has 1 aromatic carbocycles. The summed E-state index contributed by atoms with van der Waals surface area (Å²) < 4.78 is 7.10. The zero-order valence-corrected chi connectivity index (χ0v) is 15.9. The van der Waals surface area contributed by atoms with Crippen LogP contribution >= 0.6 is 22.6 Å². The summed E-state index contributed by atoms with van der Waals surface area (Å²) in [6.07, 6.45) is 1.27. The van der Waals surface area contributed by atoms with Crippen LogP contribution in [0.5, 0.6) is 5.75 Å². The number of hydrogen-bond acceptors (Lipinski definition) is 5. The SMILES string of the molecule is CC(C1Cc2ccccc2O1)N1CCN(c2ccc(I)nn2)CC1. The van der Waals surface area contributed by atoms with E-state index < -0.39 is 0 Å². The molecule has 1 saturated heterocycles. The summed E-state index contributed by atoms with van der Waals surface area (Å²) in [5.74, 6) is 2.04. The smallest absolute Gasteiger partial charge is 0.151 e. The number of aromatic nitrogens is 2. The minimum atomic E-state index is 0.257. The van der Waals surface area contributed by atoms with Crippen LogP contribution in [0.1, 0.15) is 12.5 Å². The van der Waals surface area contributed by atoms with Crippen molar-refractivity contribution in [3.8, 4) is 5.75 Å². The van der Waals surface area contributed by atoms with Crippen molar-refractivity contribution in [2.24, 2.45) is 0 Å². The van der Waals surface area contributed by atoms with E-state index in [0.717, 1.165) is 47.9 Å². The molecule has 4 rings (SSSR count). The number of fused-ring (bicyclic) bond motifs is 1. The normalized spacial score (nSPS) is 22.1. The molecule has 2 aliphatic rings. The minimum Gasteiger partial charge on any atom is -0.488 e. The van der Waals surface area contributed by atoms with Crippen molar-refractivity contribution in [1.29, 1.82) is 0 Å². The fourth-order valence-corrected chi connectivity index (χ4v) is 3.84. The lowest BCUT2D eigenvalue weighted by Gasteiger charge is -2.39. The second kappa shape index (κ2) is 6.84. The first-order valence-corrected chi connectivity index (χ1v) is 9.51. The average Bonchev–Trinajstić information content (AvgIpc) is 3.06. The molecule has 0 N–H and O–H groups in total. The average molecular weight is 436 g/mol. The van der Waals surface area contributed by atoms with Gasteiger partial charge in [0.05, 0.1) is 0 Å². The van der Waals surface area contributed by atoms with Gasteiger partial charge in [-0.05, 0) is 53.3 Å². The van der Waals surface area contributed by atoms with Gasteiger partial charge in [-0.2, -0.15) is 0 Å². The number of para-hydroxylation sites is 1. The van der Waals surface area contributed by atoms with Crippen molar-refractivity contribution in [1.82, 2.24) is 15.1 Å². The van der Waals surface area contributed by atoms with Gasteiger partial charge in [0.15, 0.2) is 5.82 Å². The number of nitrogens with zero attached hydrogens (tertiary/aromatic N) is 4. The second-order valence-electron chi connectivity index (χ2n) is 6.45. The van der Waals surface area contributed by atoms with E-state index in [9.17, 15) is 0 Å². The van der Waals surface area contributed by atoms with E-state index in [-0.39, 0.29) is 6.10 Å². The van der Waals surface area contributed by atoms with E-state index >= 15 is 0 Å². The Balaban J connectivity index is 1.35. The summed E-state index contributed by atoms with van der Waals surface area (Å²) in [5, 5.41) is 8.46. The predicted octanol–water partition coefficient (Wildman–Crippen LogP) is 2.60. The lowest BCUT2D eigenvalue weighted by atomic mass is 10.0. The maximum absolute atomic E-state index is 6.17. The molecule has 0 aliphatic carbocycles. The lowest BCUT2D eigenvalue weighted by molar-refractivity contribution is 0.0861. The fourth-order valence-electron chi connectivity index (χ4n) is 3.55. The van der Waals surface area contributed by atoms with Gasteiger partial charge in [-0.1, -0.05) is 18.2 Å². The Kier molecular flexibility index (Phi) is 4.58. The summed E-state index contributed by atoms with van der Waals surface area (Å²) in [7, 11) is 0. The van der Waals surface area contributed by atoms with E-state index in [1.807, 2.05) is 12.1 Å². The number of ether oxygens (including phenoxy) is 1. The maximum atomic E-state index is 6.17. The predicted molar refractivity (Wildman–Crippen MR) is 103 cm³/mol. The summed E-state index contributed by atoms with van der Waals surface area (Å²) in [5.41, 5.74) is 1.34. The minimum absolute atomic E-state index is 0.257. The van der Waals surface area contributed by atoms with Gasteiger partial charge in [0.25, 0.3) is 0 Å². The number of hydrogen-bond donors (Lipinski definition) is 0. The molecule has 2 aliphatic heterocycles. The lowest BCUT2D eigenvalue weighted by Crippen LogP contribution is -2.53. The number of rotatable bonds is 3. The molecule has 0 bridgehead atoms. The third kappa shape index (κ3) is 3.21. The Labute approximate surface area is 156 Å². The van der Waals surface area contributed by atoms with E-state index in [1.54, 1.807) is 0 Å². The summed E-state index contributed by atoms with van der Waals surface area (Å²) in [4.78, 5) is 4.85. The third-order valence-electron chi connectivity index (χ3n) is 5.04. The fraction of sp³-hybridized carbons (Fsp3) is 0.444. The zero-order valence-electron chi connectivity index (χ0n) is 13.7. The van der Waals surface area contributed by atoms with Crippen LogP contribution < -0.4 is 9.64 Å². The van der Waals surface area contributed by atoms with Crippen LogP contribution in [0.25, 0.3) is 0 Å². The molecule has 2 unspecified atom stereocenters. The van der Waals surface area contributed by atoms with Crippen molar-refractivity contribution in [2.75, 3.05) is 31.1 Å². The topological polar surface area (TPSA) is 41.5 Å². The van der Waals surface area contributed by atoms with Gasteiger partial charge in [0.2, 0.25) is 0 Å². The Morgan fingerprint density at radius 3 is 2.58 bits per heavy atom. The Morgan fingerprint density at radius 2 is 1.88 bits per heavy atom. The molecule has 24 heavy (non-hydrogen) atoms. The van der Waals surface area contributed by atoms with Crippen molar-refractivity contribution in [3.05, 3.63) is 45.7 Å². The molecule has 5 nitrogen and oxygen atoms in total. The molecule has 2 atom stereocenters. The van der Waals surface area contributed by atoms with Crippen LogP contribution in [-0.4, -0.2) is 53.4 Å². The maximum Gasteiger partial charge on any atom is 0.151 e. The first-order valence-electron chi connectivity index (χ1n) is 8.43. The Morgan fingerprint density at radius 1 is 1.08 bits per heavy atom. The second-order valence-corrected chi connectivity index (χ2v) is 7.55. The standard InChI is InChI=1S/C18H21IN4O/c1-13(16-12-14-4-2-3-5-15(14)24-16)22-8-10-23(11-9-22)18-7-6-17(19)20-21-18/h2-7,13,16H,8-12H2,1H3. The number of benzene rings is 1. The molecule has 2 aromatic rings. The van der Waals surface area contributed by atoms with Crippen molar-refractivity contribution in [2.45, 2.75) is 25.5 Å². The van der Waals surface area contributed by atoms with E-state index in [1.165, 1.54) is 5.56 Å². The first-order chi connectivity index (χ1) is 11.7. The molecule has 0 radical (unpaired) electrons. The van der Waals surface area contributed by atoms with E-state index in [2.05, 4.69) is 73.8 Å². The zero-order chi connectivity index (χ0) is 16.5. The van der Waals surface area contributed by atoms with Gasteiger partial charge >= 0.3 is 0 Å². The largest absolute Gasteiger partial charge is 0.488 e. The van der Waals surface area contributed by atoms with Gasteiger partial charge in [0, 0.05) is 38.6 Å². The van der Waals surface area contributed by atoms with Crippen LogP contribution in [0, 0.1) is 3.70 Å². The first kappa shape index (κ1) is 16.1. The van der Waals surface area contributed by atoms with Crippen LogP contribution in [0.15, 0.2) is 36.4 Å². The van der Waals surface area contributed by atoms with Gasteiger partial charge < -0.3 is 9.64 Å². The van der Waals surface area contributed by atoms with E-state index in [0.29, 0.717) is 6.04 Å². The van der Waals surface area contributed by atoms with Crippen LogP contribution in [-0.2, 0) is 6.42 Å². The molecule has 1 aromatic heterocycles. The summed E-state index contributed by atoms with van der Waals surface area (Å²) in [6, 6.07) is 12.9. The Bertz CT molecular complexity index is 675. The van der Waals surface area contributed by atoms with Crippen molar-refractivity contribution in [3.63, 3.8) is 0 Å². The van der Waals surface area contributed by atoms with Crippen LogP contribution in [0.3, 0.4) is 0 Å². The van der Waals surface area contributed by atoms with Gasteiger partial charge in [0.1, 0.15) is 15.6 Å². The number of anilines is 1. The highest BCUT2D eigenvalue weighted by molar-refractivity contribution is 14.1. The third-order valence-corrected chi connectivity index (χ3v) is 5.62. The van der Waals surface area contributed by atoms with Crippen molar-refractivity contribution < 1.29 is 4.74 Å². The van der Waals surface area contributed by atoms with Gasteiger partial charge in [-0.3, -0.25) is 4.90 Å². The van der Waals surface area contributed by atoms with Gasteiger partial charge in [-0.25, -0.2) is 0 Å². The summed E-state index contributed by atoms with van der Waals surface area (Å²) >= 11 is 2.19. The van der Waals surface area contributed by atoms with E-state index in [4.69, 9.17) is 4.74 Å². The molecule has 3 heterocycles. The molecule has 0 amide bonds. The van der Waals surface area contributed by atoms with Crippen molar-refractivity contribution >= 4 is 28.4 Å². The summed E-state index contributed by atoms with van der Waals surface area (Å²) in [6.45, 7) is 6.32. The number of halogens is 1. The van der Waals surface area contributed by atoms with Gasteiger partial charge in [-0.15, -0.1) is 10.2 Å². The molecule has 1 fully saturated rings. The van der Waals surface area contributed by atoms with Crippen LogP contribution in [0.2, 0.25) is 0 Å². The molecule has 0 saturated carbocycles. The molecule has 6 heteroatoms. The van der Waals surface area contributed by atoms with Crippen LogP contribution in [0.4, 0.5) is 5.82 Å². The molecular weight excluding hydrogens is 415 g/mol. The Hall–Kier alpha value is -1.41. The quantitative estimate of drug-likeness (QED) is 0.693. The highest BCUT2D eigenvalue weighted by Gasteiger charge is 2.32. The monoisotopic (exact) mass is 436 g/mol. The highest BCUT2D eigenvalue weighted by Crippen LogP contribution is 2.31. The number of piperazine rings is 1. The molecule has 0 spiro atoms. The highest BCUT2D eigenvalue weighted by atomic mass is 127. The molecule has 126 valence electrons. The molecular formula is C18H21IN4O.